The van der Waals surface area contributed by atoms with Gasteiger partial charge in [-0.25, -0.2) is 0 Å². The predicted octanol–water partition coefficient (Wildman–Crippen LogP) is 5.05. The Hall–Kier alpha value is -2.10. The van der Waals surface area contributed by atoms with Gasteiger partial charge in [0, 0.05) is 32.0 Å². The zero-order valence-corrected chi connectivity index (χ0v) is 19.9. The molecule has 0 unspecified atom stereocenters. The van der Waals surface area contributed by atoms with Crippen molar-refractivity contribution >= 4 is 11.8 Å². The number of amides is 2. The molecule has 0 heterocycles. The van der Waals surface area contributed by atoms with Crippen LogP contribution in [-0.4, -0.2) is 30.3 Å². The van der Waals surface area contributed by atoms with Crippen molar-refractivity contribution in [3.05, 3.63) is 47.5 Å². The van der Waals surface area contributed by atoms with Gasteiger partial charge in [0.25, 0.3) is 0 Å². The standard InChI is InChI=1S/C26H40N2O2/c1-18(2)23-14-21(15-24(29)28(7)17-20-11-9-8-10-12-20)19(3)13-22(23)16-27-25(30)26(4,5)6/h8-13,18,21-23H,14-17H2,1-7H3,(H,27,30)/t21-,22-,23-/m0/s1. The third-order valence-corrected chi connectivity index (χ3v) is 6.37. The van der Waals surface area contributed by atoms with E-state index in [2.05, 4.69) is 44.3 Å². The number of allylic oxidation sites excluding steroid dienone is 1. The summed E-state index contributed by atoms with van der Waals surface area (Å²) in [6.07, 6.45) is 3.86. The van der Waals surface area contributed by atoms with E-state index in [0.717, 1.165) is 12.0 Å². The second kappa shape index (κ2) is 10.3. The van der Waals surface area contributed by atoms with Crippen molar-refractivity contribution in [2.24, 2.45) is 29.1 Å². The minimum atomic E-state index is -0.376. The van der Waals surface area contributed by atoms with E-state index < -0.39 is 0 Å². The van der Waals surface area contributed by atoms with Crippen LogP contribution in [0, 0.1) is 29.1 Å². The van der Waals surface area contributed by atoms with Gasteiger partial charge < -0.3 is 10.2 Å². The third-order valence-electron chi connectivity index (χ3n) is 6.37. The lowest BCUT2D eigenvalue weighted by atomic mass is 9.69. The van der Waals surface area contributed by atoms with Gasteiger partial charge in [0.1, 0.15) is 0 Å². The molecule has 0 saturated heterocycles. The van der Waals surface area contributed by atoms with Crippen molar-refractivity contribution in [3.63, 3.8) is 0 Å². The van der Waals surface area contributed by atoms with Crippen LogP contribution >= 0.6 is 0 Å². The maximum atomic E-state index is 12.9. The number of carbonyl (C=O) groups excluding carboxylic acids is 2. The molecule has 0 bridgehead atoms. The van der Waals surface area contributed by atoms with Gasteiger partial charge >= 0.3 is 0 Å². The first-order valence-electron chi connectivity index (χ1n) is 11.2. The maximum Gasteiger partial charge on any atom is 0.225 e. The SMILES string of the molecule is CC1=C[C@@H](CNC(=O)C(C)(C)C)[C@H](C(C)C)C[C@H]1CC(=O)N(C)Cc1ccccc1. The minimum absolute atomic E-state index is 0.0934. The van der Waals surface area contributed by atoms with Crippen LogP contribution < -0.4 is 5.32 Å². The summed E-state index contributed by atoms with van der Waals surface area (Å²) in [6.45, 7) is 13.8. The van der Waals surface area contributed by atoms with Crippen molar-refractivity contribution < 1.29 is 9.59 Å². The Morgan fingerprint density at radius 1 is 1.17 bits per heavy atom. The monoisotopic (exact) mass is 412 g/mol. The number of nitrogens with zero attached hydrogens (tertiary/aromatic N) is 1. The smallest absolute Gasteiger partial charge is 0.225 e. The molecule has 3 atom stereocenters. The number of rotatable bonds is 7. The number of nitrogens with one attached hydrogen (secondary N) is 1. The molecule has 1 aromatic carbocycles. The summed E-state index contributed by atoms with van der Waals surface area (Å²) in [5, 5.41) is 3.14. The molecule has 4 heteroatoms. The molecule has 1 aliphatic carbocycles. The highest BCUT2D eigenvalue weighted by Gasteiger charge is 2.33. The summed E-state index contributed by atoms with van der Waals surface area (Å²) in [4.78, 5) is 27.0. The molecule has 2 rings (SSSR count). The molecule has 166 valence electrons. The fourth-order valence-electron chi connectivity index (χ4n) is 4.30. The van der Waals surface area contributed by atoms with Crippen molar-refractivity contribution in [1.29, 1.82) is 0 Å². The zero-order chi connectivity index (χ0) is 22.5. The Balaban J connectivity index is 2.02. The van der Waals surface area contributed by atoms with Gasteiger partial charge in [-0.1, -0.05) is 76.6 Å². The fraction of sp³-hybridized carbons (Fsp3) is 0.615. The topological polar surface area (TPSA) is 49.4 Å². The van der Waals surface area contributed by atoms with E-state index in [4.69, 9.17) is 0 Å². The van der Waals surface area contributed by atoms with Crippen molar-refractivity contribution in [2.45, 2.75) is 60.9 Å². The maximum absolute atomic E-state index is 12.9. The van der Waals surface area contributed by atoms with Gasteiger partial charge in [0.2, 0.25) is 11.8 Å². The molecule has 1 N–H and O–H groups in total. The van der Waals surface area contributed by atoms with E-state index in [-0.39, 0.29) is 23.1 Å². The van der Waals surface area contributed by atoms with E-state index >= 15 is 0 Å². The molecule has 0 saturated carbocycles. The fourth-order valence-corrected chi connectivity index (χ4v) is 4.30. The van der Waals surface area contributed by atoms with Crippen LogP contribution in [0.25, 0.3) is 0 Å². The number of hydrogen-bond acceptors (Lipinski definition) is 2. The number of carbonyl (C=O) groups is 2. The summed E-state index contributed by atoms with van der Waals surface area (Å²) >= 11 is 0. The Morgan fingerprint density at radius 3 is 2.37 bits per heavy atom. The average molecular weight is 413 g/mol. The van der Waals surface area contributed by atoms with Crippen molar-refractivity contribution in [1.82, 2.24) is 10.2 Å². The van der Waals surface area contributed by atoms with Crippen molar-refractivity contribution in [3.8, 4) is 0 Å². The number of hydrogen-bond donors (Lipinski definition) is 1. The second-order valence-electron chi connectivity index (χ2n) is 10.3. The molecule has 0 aromatic heterocycles. The summed E-state index contributed by atoms with van der Waals surface area (Å²) in [6, 6.07) is 10.1. The summed E-state index contributed by atoms with van der Waals surface area (Å²) in [7, 11) is 1.89. The second-order valence-corrected chi connectivity index (χ2v) is 10.3. The Labute approximate surface area is 183 Å². The Morgan fingerprint density at radius 2 is 1.80 bits per heavy atom. The van der Waals surface area contributed by atoms with Crippen LogP contribution in [0.5, 0.6) is 0 Å². The van der Waals surface area contributed by atoms with Crippen LogP contribution in [0.4, 0.5) is 0 Å². The lowest BCUT2D eigenvalue weighted by Crippen LogP contribution is -2.41. The van der Waals surface area contributed by atoms with E-state index in [1.807, 2.05) is 50.9 Å². The van der Waals surface area contributed by atoms with Gasteiger partial charge in [0.15, 0.2) is 0 Å². The first-order valence-corrected chi connectivity index (χ1v) is 11.2. The van der Waals surface area contributed by atoms with Gasteiger partial charge in [-0.3, -0.25) is 9.59 Å². The van der Waals surface area contributed by atoms with Gasteiger partial charge in [-0.05, 0) is 42.6 Å². The molecule has 0 spiro atoms. The Kier molecular flexibility index (Phi) is 8.28. The van der Waals surface area contributed by atoms with Crippen LogP contribution in [0.3, 0.4) is 0 Å². The van der Waals surface area contributed by atoms with E-state index in [0.29, 0.717) is 37.3 Å². The highest BCUT2D eigenvalue weighted by molar-refractivity contribution is 5.81. The molecule has 1 aromatic rings. The summed E-state index contributed by atoms with van der Waals surface area (Å²) in [5.74, 6) is 1.86. The normalized spacial score (nSPS) is 21.9. The molecule has 2 amide bonds. The number of benzene rings is 1. The van der Waals surface area contributed by atoms with Crippen LogP contribution in [0.15, 0.2) is 42.0 Å². The molecule has 0 radical (unpaired) electrons. The lowest BCUT2D eigenvalue weighted by Gasteiger charge is -2.38. The highest BCUT2D eigenvalue weighted by Crippen LogP contribution is 2.39. The zero-order valence-electron chi connectivity index (χ0n) is 19.9. The largest absolute Gasteiger partial charge is 0.355 e. The molecular weight excluding hydrogens is 372 g/mol. The lowest BCUT2D eigenvalue weighted by molar-refractivity contribution is -0.131. The Bertz CT molecular complexity index is 746. The molecule has 30 heavy (non-hydrogen) atoms. The molecular formula is C26H40N2O2. The molecule has 0 aliphatic heterocycles. The highest BCUT2D eigenvalue weighted by atomic mass is 16.2. The molecule has 0 fully saturated rings. The molecule has 4 nitrogen and oxygen atoms in total. The van der Waals surface area contributed by atoms with Crippen LogP contribution in [0.2, 0.25) is 0 Å². The minimum Gasteiger partial charge on any atom is -0.355 e. The third kappa shape index (κ3) is 6.72. The van der Waals surface area contributed by atoms with Gasteiger partial charge in [0.05, 0.1) is 0 Å². The summed E-state index contributed by atoms with van der Waals surface area (Å²) < 4.78 is 0. The average Bonchev–Trinajstić information content (AvgIpc) is 2.67. The predicted molar refractivity (Wildman–Crippen MR) is 124 cm³/mol. The van der Waals surface area contributed by atoms with Gasteiger partial charge in [-0.15, -0.1) is 0 Å². The van der Waals surface area contributed by atoms with E-state index in [9.17, 15) is 9.59 Å². The quantitative estimate of drug-likeness (QED) is 0.637. The first kappa shape index (κ1) is 24.2. The van der Waals surface area contributed by atoms with Crippen LogP contribution in [-0.2, 0) is 16.1 Å². The van der Waals surface area contributed by atoms with Crippen LogP contribution in [0.1, 0.15) is 59.9 Å². The van der Waals surface area contributed by atoms with E-state index in [1.165, 1.54) is 5.57 Å². The first-order chi connectivity index (χ1) is 14.0. The molecule has 1 aliphatic rings. The van der Waals surface area contributed by atoms with Gasteiger partial charge in [-0.2, -0.15) is 0 Å². The van der Waals surface area contributed by atoms with Crippen molar-refractivity contribution in [2.75, 3.05) is 13.6 Å². The van der Waals surface area contributed by atoms with E-state index in [1.54, 1.807) is 0 Å². The summed E-state index contributed by atoms with van der Waals surface area (Å²) in [5.41, 5.74) is 2.06.